The zero-order valence-electron chi connectivity index (χ0n) is 23.7. The molecular formula is C31H31N7O2S3. The lowest BCUT2D eigenvalue weighted by atomic mass is 9.92. The van der Waals surface area contributed by atoms with Crippen molar-refractivity contribution in [1.82, 2.24) is 29.8 Å². The maximum absolute atomic E-state index is 14.1. The monoisotopic (exact) mass is 629 g/mol. The van der Waals surface area contributed by atoms with E-state index in [1.807, 2.05) is 6.07 Å². The Labute approximate surface area is 260 Å². The molecule has 1 aliphatic carbocycles. The Bertz CT molecular complexity index is 1840. The summed E-state index contributed by atoms with van der Waals surface area (Å²) in [5, 5.41) is 9.38. The highest BCUT2D eigenvalue weighted by Gasteiger charge is 2.27. The van der Waals surface area contributed by atoms with Gasteiger partial charge in [0, 0.05) is 41.0 Å². The summed E-state index contributed by atoms with van der Waals surface area (Å²) in [7, 11) is 0. The quantitative estimate of drug-likeness (QED) is 0.198. The molecule has 43 heavy (non-hydrogen) atoms. The van der Waals surface area contributed by atoms with E-state index >= 15 is 0 Å². The first-order valence-corrected chi connectivity index (χ1v) is 17.4. The van der Waals surface area contributed by atoms with Gasteiger partial charge >= 0.3 is 4.34 Å². The van der Waals surface area contributed by atoms with E-state index in [2.05, 4.69) is 56.8 Å². The highest BCUT2D eigenvalue weighted by atomic mass is 32.3. The van der Waals surface area contributed by atoms with E-state index in [1.165, 1.54) is 46.7 Å². The smallest absolute Gasteiger partial charge is 0.308 e. The third-order valence-corrected chi connectivity index (χ3v) is 11.9. The number of thiazole rings is 2. The highest BCUT2D eigenvalue weighted by molar-refractivity contribution is 7.95. The van der Waals surface area contributed by atoms with Crippen molar-refractivity contribution in [3.63, 3.8) is 0 Å². The van der Waals surface area contributed by atoms with Gasteiger partial charge in [-0.3, -0.25) is 9.36 Å². The van der Waals surface area contributed by atoms with Crippen LogP contribution < -0.4 is 16.2 Å². The number of piperidine rings is 1. The molecule has 0 bridgehead atoms. The summed E-state index contributed by atoms with van der Waals surface area (Å²) in [6.07, 6.45) is 8.70. The summed E-state index contributed by atoms with van der Waals surface area (Å²) in [5.41, 5.74) is 7.86. The molecule has 1 aromatic carbocycles. The molecule has 1 aliphatic heterocycles. The van der Waals surface area contributed by atoms with Gasteiger partial charge in [0.05, 0.1) is 23.2 Å². The second-order valence-corrected chi connectivity index (χ2v) is 14.6. The van der Waals surface area contributed by atoms with Crippen LogP contribution in [0.15, 0.2) is 72.5 Å². The molecule has 1 fully saturated rings. The number of allylic oxidation sites excluding steroid dienone is 2. The molecule has 4 aromatic heterocycles. The molecule has 220 valence electrons. The van der Waals surface area contributed by atoms with Gasteiger partial charge < -0.3 is 15.2 Å². The molecule has 0 amide bonds. The highest BCUT2D eigenvalue weighted by Crippen LogP contribution is 2.34. The second-order valence-electron chi connectivity index (χ2n) is 11.0. The van der Waals surface area contributed by atoms with Gasteiger partial charge in [0.2, 0.25) is 10.2 Å². The first kappa shape index (κ1) is 28.4. The van der Waals surface area contributed by atoms with Gasteiger partial charge in [0.1, 0.15) is 11.3 Å². The second kappa shape index (κ2) is 12.3. The van der Waals surface area contributed by atoms with Crippen molar-refractivity contribution in [2.45, 2.75) is 60.0 Å². The fourth-order valence-electron chi connectivity index (χ4n) is 5.99. The van der Waals surface area contributed by atoms with Crippen LogP contribution in [-0.2, 0) is 17.7 Å². The fraction of sp³-hybridized carbons (Fsp3) is 0.323. The minimum atomic E-state index is -1.47. The topological polar surface area (TPSA) is 121 Å². The third kappa shape index (κ3) is 5.77. The lowest BCUT2D eigenvalue weighted by Crippen LogP contribution is -2.28. The minimum Gasteiger partial charge on any atom is -0.604 e. The van der Waals surface area contributed by atoms with Gasteiger partial charge in [-0.25, -0.2) is 9.97 Å². The molecule has 2 N–H and O–H groups in total. The Hall–Kier alpha value is -3.42. The van der Waals surface area contributed by atoms with Crippen LogP contribution in [-0.4, -0.2) is 42.1 Å². The van der Waals surface area contributed by atoms with Gasteiger partial charge in [-0.15, -0.1) is 0 Å². The van der Waals surface area contributed by atoms with E-state index in [0.717, 1.165) is 49.0 Å². The Balaban J connectivity index is 1.26. The Kier molecular flexibility index (Phi) is 8.11. The number of anilines is 2. The molecule has 2 aliphatic rings. The number of nitrogens with zero attached hydrogens (tertiary/aromatic N) is 5. The summed E-state index contributed by atoms with van der Waals surface area (Å²) in [6, 6.07) is 10.3. The van der Waals surface area contributed by atoms with Crippen molar-refractivity contribution in [3.05, 3.63) is 86.4 Å². The van der Waals surface area contributed by atoms with Crippen LogP contribution >= 0.6 is 22.7 Å². The molecule has 5 heterocycles. The van der Waals surface area contributed by atoms with Crippen LogP contribution in [0.4, 0.5) is 11.6 Å². The van der Waals surface area contributed by atoms with E-state index in [1.54, 1.807) is 27.9 Å². The third-order valence-electron chi connectivity index (χ3n) is 8.23. The number of aromatic nitrogens is 5. The molecule has 0 spiro atoms. The van der Waals surface area contributed by atoms with E-state index in [4.69, 9.17) is 4.98 Å². The standard InChI is InChI=1S/C31H31N7O2S3/c1-19-4-2-6-24(19)25-14-22-16-34-30(36-23-9-7-20(8-10-23)21-5-3-11-32-15-21)37-27(22)38(28(25)39)17-26-29(42-18-35-26)43(40)31-33-12-13-41-31/h7-10,12-14,16,18,21,32H,2-6,11,15,17H2,1H3,(H,34,36,37). The van der Waals surface area contributed by atoms with E-state index in [0.29, 0.717) is 37.3 Å². The van der Waals surface area contributed by atoms with Crippen LogP contribution in [0.25, 0.3) is 16.6 Å². The Morgan fingerprint density at radius 3 is 2.77 bits per heavy atom. The molecule has 0 radical (unpaired) electrons. The van der Waals surface area contributed by atoms with Crippen LogP contribution in [0.5, 0.6) is 0 Å². The predicted octanol–water partition coefficient (Wildman–Crippen LogP) is 6.09. The SMILES string of the molecule is CC1=C(c2cc3cnc(Nc4ccc(C5CCCNC5)cc4)nc3n(Cc3ncsc3[S+]([O-])c3nccs3)c2=O)CCC1. The van der Waals surface area contributed by atoms with Crippen molar-refractivity contribution in [2.24, 2.45) is 0 Å². The van der Waals surface area contributed by atoms with Crippen LogP contribution in [0.1, 0.15) is 61.8 Å². The first-order chi connectivity index (χ1) is 21.0. The van der Waals surface area contributed by atoms with Crippen molar-refractivity contribution in [2.75, 3.05) is 18.4 Å². The predicted molar refractivity (Wildman–Crippen MR) is 173 cm³/mol. The number of nitrogens with one attached hydrogen (secondary N) is 2. The van der Waals surface area contributed by atoms with Crippen molar-refractivity contribution in [3.8, 4) is 0 Å². The summed E-state index contributed by atoms with van der Waals surface area (Å²) >= 11 is 1.19. The molecule has 5 aromatic rings. The normalized spacial score (nSPS) is 18.0. The fourth-order valence-corrected chi connectivity index (χ4v) is 9.17. The van der Waals surface area contributed by atoms with Gasteiger partial charge in [0.25, 0.3) is 5.56 Å². The van der Waals surface area contributed by atoms with Crippen LogP contribution in [0.2, 0.25) is 0 Å². The largest absolute Gasteiger partial charge is 0.604 e. The lowest BCUT2D eigenvalue weighted by molar-refractivity contribution is 0.461. The maximum Gasteiger partial charge on any atom is 0.308 e. The van der Waals surface area contributed by atoms with Crippen molar-refractivity contribution >= 4 is 62.1 Å². The summed E-state index contributed by atoms with van der Waals surface area (Å²) in [6.45, 7) is 4.35. The molecule has 12 heteroatoms. The molecule has 2 unspecified atom stereocenters. The summed E-state index contributed by atoms with van der Waals surface area (Å²) in [5.74, 6) is 0.934. The van der Waals surface area contributed by atoms with E-state index < -0.39 is 11.2 Å². The maximum atomic E-state index is 14.1. The minimum absolute atomic E-state index is 0.127. The van der Waals surface area contributed by atoms with Gasteiger partial charge in [-0.2, -0.15) is 9.97 Å². The van der Waals surface area contributed by atoms with Crippen molar-refractivity contribution < 1.29 is 4.55 Å². The van der Waals surface area contributed by atoms with Crippen LogP contribution in [0.3, 0.4) is 0 Å². The molecule has 9 nitrogen and oxygen atoms in total. The Morgan fingerprint density at radius 1 is 1.14 bits per heavy atom. The number of pyridine rings is 1. The van der Waals surface area contributed by atoms with Gasteiger partial charge in [0.15, 0.2) is 0 Å². The van der Waals surface area contributed by atoms with E-state index in [9.17, 15) is 9.35 Å². The van der Waals surface area contributed by atoms with Crippen molar-refractivity contribution in [1.29, 1.82) is 0 Å². The number of fused-ring (bicyclic) bond motifs is 1. The molecule has 2 atom stereocenters. The summed E-state index contributed by atoms with van der Waals surface area (Å²) in [4.78, 5) is 32.4. The average Bonchev–Trinajstić information content (AvgIpc) is 3.82. The summed E-state index contributed by atoms with van der Waals surface area (Å²) < 4.78 is 16.1. The number of hydrogen-bond acceptors (Lipinski definition) is 10. The zero-order chi connectivity index (χ0) is 29.3. The van der Waals surface area contributed by atoms with Gasteiger partial charge in [-0.1, -0.05) is 40.4 Å². The average molecular weight is 630 g/mol. The van der Waals surface area contributed by atoms with Gasteiger partial charge in [-0.05, 0) is 80.8 Å². The zero-order valence-corrected chi connectivity index (χ0v) is 26.2. The molecular weight excluding hydrogens is 599 g/mol. The van der Waals surface area contributed by atoms with E-state index in [-0.39, 0.29) is 12.1 Å². The Morgan fingerprint density at radius 2 is 2.02 bits per heavy atom. The molecule has 1 saturated heterocycles. The number of hydrogen-bond donors (Lipinski definition) is 2. The van der Waals surface area contributed by atoms with Crippen LogP contribution in [0, 0.1) is 0 Å². The molecule has 7 rings (SSSR count). The lowest BCUT2D eigenvalue weighted by Gasteiger charge is -2.23. The number of rotatable bonds is 8. The number of benzene rings is 1. The first-order valence-electron chi connectivity index (χ1n) is 14.5. The molecule has 0 saturated carbocycles.